The standard InChI is InChI=1S/C11H20O/c1-10(2)8-5-6-11(10,3)9(7-8)12-4/h8-9H,5-7H2,1-4H3/t8-,9+,11+/m1/s1. The predicted octanol–water partition coefficient (Wildman–Crippen LogP) is 2.85. The van der Waals surface area contributed by atoms with Gasteiger partial charge in [0, 0.05) is 7.11 Å². The summed E-state index contributed by atoms with van der Waals surface area (Å²) in [5.41, 5.74) is 0.958. The summed E-state index contributed by atoms with van der Waals surface area (Å²) in [6, 6.07) is 0. The van der Waals surface area contributed by atoms with Gasteiger partial charge in [0.2, 0.25) is 0 Å². The van der Waals surface area contributed by atoms with Gasteiger partial charge in [0.15, 0.2) is 0 Å². The first-order valence-electron chi connectivity index (χ1n) is 5.05. The van der Waals surface area contributed by atoms with Crippen molar-refractivity contribution in [1.82, 2.24) is 0 Å². The van der Waals surface area contributed by atoms with Crippen LogP contribution in [0.1, 0.15) is 40.0 Å². The zero-order valence-electron chi connectivity index (χ0n) is 8.68. The molecule has 0 heterocycles. The first-order chi connectivity index (χ1) is 5.52. The van der Waals surface area contributed by atoms with E-state index < -0.39 is 0 Å². The van der Waals surface area contributed by atoms with Crippen LogP contribution in [0.5, 0.6) is 0 Å². The number of methoxy groups -OCH3 is 1. The van der Waals surface area contributed by atoms with Gasteiger partial charge in [0.25, 0.3) is 0 Å². The smallest absolute Gasteiger partial charge is 0.0632 e. The van der Waals surface area contributed by atoms with Crippen molar-refractivity contribution in [3.05, 3.63) is 0 Å². The summed E-state index contributed by atoms with van der Waals surface area (Å²) in [6.45, 7) is 7.25. The van der Waals surface area contributed by atoms with Crippen LogP contribution in [0.25, 0.3) is 0 Å². The molecule has 0 aromatic heterocycles. The highest BCUT2D eigenvalue weighted by Gasteiger charge is 2.61. The molecule has 12 heavy (non-hydrogen) atoms. The molecule has 2 fully saturated rings. The van der Waals surface area contributed by atoms with Gasteiger partial charge in [-0.15, -0.1) is 0 Å². The summed E-state index contributed by atoms with van der Waals surface area (Å²) < 4.78 is 5.58. The molecule has 2 aliphatic carbocycles. The third kappa shape index (κ3) is 0.736. The van der Waals surface area contributed by atoms with Crippen molar-refractivity contribution in [3.8, 4) is 0 Å². The van der Waals surface area contributed by atoms with Crippen LogP contribution in [-0.2, 0) is 4.74 Å². The zero-order valence-corrected chi connectivity index (χ0v) is 8.68. The summed E-state index contributed by atoms with van der Waals surface area (Å²) in [6.07, 6.45) is 4.60. The third-order valence-electron chi connectivity index (χ3n) is 5.00. The fourth-order valence-corrected chi connectivity index (χ4v) is 3.49. The zero-order chi connectivity index (χ0) is 8.98. The molecule has 0 aromatic rings. The average molecular weight is 168 g/mol. The van der Waals surface area contributed by atoms with Crippen LogP contribution in [0, 0.1) is 16.7 Å². The van der Waals surface area contributed by atoms with Gasteiger partial charge in [-0.1, -0.05) is 20.8 Å². The molecule has 0 N–H and O–H groups in total. The molecule has 0 saturated heterocycles. The molecule has 2 saturated carbocycles. The molecule has 0 radical (unpaired) electrons. The van der Waals surface area contributed by atoms with Gasteiger partial charge in [-0.05, 0) is 36.0 Å². The van der Waals surface area contributed by atoms with Gasteiger partial charge in [-0.2, -0.15) is 0 Å². The van der Waals surface area contributed by atoms with Gasteiger partial charge < -0.3 is 4.74 Å². The van der Waals surface area contributed by atoms with Crippen LogP contribution >= 0.6 is 0 Å². The SMILES string of the molecule is CO[C@H]1C[C@H]2CC[C@]1(C)C2(C)C. The van der Waals surface area contributed by atoms with Crippen molar-refractivity contribution in [3.63, 3.8) is 0 Å². The van der Waals surface area contributed by atoms with Gasteiger partial charge in [0.05, 0.1) is 6.10 Å². The number of fused-ring (bicyclic) bond motifs is 2. The van der Waals surface area contributed by atoms with E-state index in [0.29, 0.717) is 16.9 Å². The molecule has 0 amide bonds. The fourth-order valence-electron chi connectivity index (χ4n) is 3.49. The predicted molar refractivity (Wildman–Crippen MR) is 50.0 cm³/mol. The lowest BCUT2D eigenvalue weighted by molar-refractivity contribution is -0.0200. The van der Waals surface area contributed by atoms with E-state index in [4.69, 9.17) is 4.74 Å². The number of hydrogen-bond donors (Lipinski definition) is 0. The lowest BCUT2D eigenvalue weighted by atomic mass is 9.70. The first-order valence-corrected chi connectivity index (χ1v) is 5.05. The van der Waals surface area contributed by atoms with Crippen LogP contribution in [-0.4, -0.2) is 13.2 Å². The lowest BCUT2D eigenvalue weighted by Gasteiger charge is -2.38. The van der Waals surface area contributed by atoms with Gasteiger partial charge in [-0.25, -0.2) is 0 Å². The van der Waals surface area contributed by atoms with E-state index in [1.807, 2.05) is 7.11 Å². The Labute approximate surface area is 75.5 Å². The molecule has 3 atom stereocenters. The molecule has 0 aliphatic heterocycles. The number of ether oxygens (including phenoxy) is 1. The van der Waals surface area contributed by atoms with E-state index in [1.165, 1.54) is 19.3 Å². The Kier molecular flexibility index (Phi) is 1.61. The largest absolute Gasteiger partial charge is 0.381 e. The highest BCUT2D eigenvalue weighted by molar-refractivity contribution is 5.10. The van der Waals surface area contributed by atoms with Crippen LogP contribution < -0.4 is 0 Å². The first kappa shape index (κ1) is 8.55. The lowest BCUT2D eigenvalue weighted by Crippen LogP contribution is -2.36. The second-order valence-electron chi connectivity index (χ2n) is 5.33. The highest BCUT2D eigenvalue weighted by atomic mass is 16.5. The second-order valence-corrected chi connectivity index (χ2v) is 5.33. The van der Waals surface area contributed by atoms with Crippen molar-refractivity contribution < 1.29 is 4.74 Å². The Morgan fingerprint density at radius 1 is 1.25 bits per heavy atom. The molecular formula is C11H20O. The molecule has 1 heteroatoms. The quantitative estimate of drug-likeness (QED) is 0.585. The summed E-state index contributed by atoms with van der Waals surface area (Å²) in [4.78, 5) is 0. The Bertz CT molecular complexity index is 197. The third-order valence-corrected chi connectivity index (χ3v) is 5.00. The fraction of sp³-hybridized carbons (Fsp3) is 1.00. The van der Waals surface area contributed by atoms with Crippen LogP contribution in [0.15, 0.2) is 0 Å². The molecule has 2 rings (SSSR count). The van der Waals surface area contributed by atoms with E-state index in [9.17, 15) is 0 Å². The maximum atomic E-state index is 5.58. The van der Waals surface area contributed by atoms with Gasteiger partial charge >= 0.3 is 0 Å². The second kappa shape index (κ2) is 2.25. The minimum absolute atomic E-state index is 0.451. The van der Waals surface area contributed by atoms with Crippen LogP contribution in [0.3, 0.4) is 0 Å². The van der Waals surface area contributed by atoms with Crippen molar-refractivity contribution >= 4 is 0 Å². The summed E-state index contributed by atoms with van der Waals surface area (Å²) >= 11 is 0. The van der Waals surface area contributed by atoms with Crippen LogP contribution in [0.4, 0.5) is 0 Å². The molecule has 2 bridgehead atoms. The van der Waals surface area contributed by atoms with E-state index in [1.54, 1.807) is 0 Å². The van der Waals surface area contributed by atoms with Crippen molar-refractivity contribution in [2.24, 2.45) is 16.7 Å². The molecular weight excluding hydrogens is 148 g/mol. The topological polar surface area (TPSA) is 9.23 Å². The molecule has 0 spiro atoms. The highest BCUT2D eigenvalue weighted by Crippen LogP contribution is 2.66. The normalized spacial score (nSPS) is 50.0. The molecule has 2 aliphatic rings. The number of hydrogen-bond acceptors (Lipinski definition) is 1. The van der Waals surface area contributed by atoms with E-state index in [2.05, 4.69) is 20.8 Å². The maximum absolute atomic E-state index is 5.58. The average Bonchev–Trinajstić information content (AvgIpc) is 2.34. The van der Waals surface area contributed by atoms with Crippen molar-refractivity contribution in [1.29, 1.82) is 0 Å². The molecule has 0 unspecified atom stereocenters. The van der Waals surface area contributed by atoms with Crippen LogP contribution in [0.2, 0.25) is 0 Å². The van der Waals surface area contributed by atoms with E-state index in [0.717, 1.165) is 5.92 Å². The molecule has 0 aromatic carbocycles. The van der Waals surface area contributed by atoms with E-state index >= 15 is 0 Å². The van der Waals surface area contributed by atoms with Crippen molar-refractivity contribution in [2.45, 2.75) is 46.1 Å². The summed E-state index contributed by atoms with van der Waals surface area (Å²) in [5.74, 6) is 0.910. The summed E-state index contributed by atoms with van der Waals surface area (Å²) in [7, 11) is 1.87. The number of rotatable bonds is 1. The Hall–Kier alpha value is -0.0400. The minimum atomic E-state index is 0.451. The Balaban J connectivity index is 2.33. The van der Waals surface area contributed by atoms with Gasteiger partial charge in [-0.3, -0.25) is 0 Å². The Morgan fingerprint density at radius 3 is 2.17 bits per heavy atom. The molecule has 1 nitrogen and oxygen atoms in total. The van der Waals surface area contributed by atoms with Crippen molar-refractivity contribution in [2.75, 3.05) is 7.11 Å². The molecule has 70 valence electrons. The van der Waals surface area contributed by atoms with E-state index in [-0.39, 0.29) is 0 Å². The minimum Gasteiger partial charge on any atom is -0.381 e. The Morgan fingerprint density at radius 2 is 1.92 bits per heavy atom. The monoisotopic (exact) mass is 168 g/mol. The van der Waals surface area contributed by atoms with Gasteiger partial charge in [0.1, 0.15) is 0 Å². The summed E-state index contributed by atoms with van der Waals surface area (Å²) in [5, 5.41) is 0. The maximum Gasteiger partial charge on any atom is 0.0632 e.